The van der Waals surface area contributed by atoms with Crippen LogP contribution in [0.15, 0.2) is 48.5 Å². The molecule has 0 aromatic heterocycles. The van der Waals surface area contributed by atoms with Crippen LogP contribution < -0.4 is 5.32 Å². The summed E-state index contributed by atoms with van der Waals surface area (Å²) >= 11 is 0. The van der Waals surface area contributed by atoms with Crippen LogP contribution in [0.2, 0.25) is 0 Å². The maximum absolute atomic E-state index is 12.1. The van der Waals surface area contributed by atoms with Crippen LogP contribution in [-0.4, -0.2) is 11.7 Å². The van der Waals surface area contributed by atoms with Gasteiger partial charge in [0.25, 0.3) is 0 Å². The summed E-state index contributed by atoms with van der Waals surface area (Å²) in [6, 6.07) is 15.4. The van der Waals surface area contributed by atoms with Gasteiger partial charge in [-0.05, 0) is 31.9 Å². The molecule has 3 nitrogen and oxygen atoms in total. The van der Waals surface area contributed by atoms with Crippen molar-refractivity contribution in [3.63, 3.8) is 0 Å². The highest BCUT2D eigenvalue weighted by Gasteiger charge is 2.13. The number of carbonyl (C=O) groups is 2. The zero-order valence-electron chi connectivity index (χ0n) is 13.9. The molecule has 0 fully saturated rings. The molecule has 0 aliphatic heterocycles. The highest BCUT2D eigenvalue weighted by Crippen LogP contribution is 2.17. The molecule has 0 saturated carbocycles. The Morgan fingerprint density at radius 2 is 1.61 bits per heavy atom. The smallest absolute Gasteiger partial charge is 0.220 e. The topological polar surface area (TPSA) is 46.2 Å². The number of hydrogen-bond acceptors (Lipinski definition) is 2. The molecule has 2 aromatic rings. The Labute approximate surface area is 137 Å². The first-order valence-electron chi connectivity index (χ1n) is 7.92. The van der Waals surface area contributed by atoms with E-state index in [0.29, 0.717) is 5.56 Å². The Bertz CT molecular complexity index is 689. The molecule has 0 spiro atoms. The van der Waals surface area contributed by atoms with Gasteiger partial charge in [-0.3, -0.25) is 9.59 Å². The van der Waals surface area contributed by atoms with E-state index in [9.17, 15) is 9.59 Å². The summed E-state index contributed by atoms with van der Waals surface area (Å²) in [5, 5.41) is 2.96. The molecule has 1 N–H and O–H groups in total. The lowest BCUT2D eigenvalue weighted by molar-refractivity contribution is -0.121. The van der Waals surface area contributed by atoms with Crippen molar-refractivity contribution in [2.75, 3.05) is 0 Å². The van der Waals surface area contributed by atoms with Crippen molar-refractivity contribution in [1.29, 1.82) is 0 Å². The van der Waals surface area contributed by atoms with Gasteiger partial charge in [-0.2, -0.15) is 0 Å². The molecule has 0 bridgehead atoms. The van der Waals surface area contributed by atoms with Gasteiger partial charge in [0, 0.05) is 18.4 Å². The molecule has 0 saturated heterocycles. The maximum Gasteiger partial charge on any atom is 0.220 e. The van der Waals surface area contributed by atoms with E-state index < -0.39 is 0 Å². The Balaban J connectivity index is 1.86. The summed E-state index contributed by atoms with van der Waals surface area (Å²) < 4.78 is 0. The van der Waals surface area contributed by atoms with Gasteiger partial charge in [0.1, 0.15) is 0 Å². The van der Waals surface area contributed by atoms with Crippen LogP contribution in [-0.2, 0) is 4.79 Å². The molecule has 3 heteroatoms. The van der Waals surface area contributed by atoms with Gasteiger partial charge >= 0.3 is 0 Å². The minimum absolute atomic E-state index is 0.00342. The monoisotopic (exact) mass is 309 g/mol. The van der Waals surface area contributed by atoms with Crippen LogP contribution in [0.25, 0.3) is 0 Å². The lowest BCUT2D eigenvalue weighted by atomic mass is 10.0. The number of Topliss-reactive ketones (excluding diaryl/α,β-unsaturated/α-hetero) is 1. The highest BCUT2D eigenvalue weighted by atomic mass is 16.2. The number of aryl methyl sites for hydroxylation is 2. The van der Waals surface area contributed by atoms with Gasteiger partial charge in [0.2, 0.25) is 5.91 Å². The van der Waals surface area contributed by atoms with Crippen molar-refractivity contribution in [2.24, 2.45) is 0 Å². The summed E-state index contributed by atoms with van der Waals surface area (Å²) in [6.45, 7) is 5.97. The van der Waals surface area contributed by atoms with Crippen molar-refractivity contribution in [3.05, 3.63) is 70.8 Å². The van der Waals surface area contributed by atoms with Gasteiger partial charge in [0.15, 0.2) is 5.78 Å². The van der Waals surface area contributed by atoms with Crippen molar-refractivity contribution in [3.8, 4) is 0 Å². The van der Waals surface area contributed by atoms with Crippen LogP contribution >= 0.6 is 0 Å². The maximum atomic E-state index is 12.1. The first-order chi connectivity index (χ1) is 11.0. The normalized spacial score (nSPS) is 11.8. The molecular formula is C20H23NO2. The van der Waals surface area contributed by atoms with Gasteiger partial charge in [-0.1, -0.05) is 54.1 Å². The van der Waals surface area contributed by atoms with Crippen molar-refractivity contribution < 1.29 is 9.59 Å². The van der Waals surface area contributed by atoms with Crippen molar-refractivity contribution in [2.45, 2.75) is 39.7 Å². The van der Waals surface area contributed by atoms with Gasteiger partial charge in [-0.15, -0.1) is 0 Å². The molecular weight excluding hydrogens is 286 g/mol. The van der Waals surface area contributed by atoms with E-state index in [1.54, 1.807) is 0 Å². The summed E-state index contributed by atoms with van der Waals surface area (Å²) in [5.74, 6) is -0.0927. The number of benzene rings is 2. The van der Waals surface area contributed by atoms with Crippen LogP contribution in [0.5, 0.6) is 0 Å². The molecule has 1 unspecified atom stereocenters. The summed E-state index contributed by atoms with van der Waals surface area (Å²) in [6.07, 6.45) is 0.443. The minimum Gasteiger partial charge on any atom is -0.350 e. The summed E-state index contributed by atoms with van der Waals surface area (Å²) in [7, 11) is 0. The molecule has 0 radical (unpaired) electrons. The van der Waals surface area contributed by atoms with E-state index >= 15 is 0 Å². The molecule has 2 aromatic carbocycles. The van der Waals surface area contributed by atoms with E-state index in [1.165, 1.54) is 0 Å². The second-order valence-electron chi connectivity index (χ2n) is 5.93. The lowest BCUT2D eigenvalue weighted by Crippen LogP contribution is -2.27. The molecule has 23 heavy (non-hydrogen) atoms. The molecule has 1 amide bonds. The van der Waals surface area contributed by atoms with Gasteiger partial charge in [0.05, 0.1) is 6.04 Å². The average molecular weight is 309 g/mol. The van der Waals surface area contributed by atoms with Crippen molar-refractivity contribution >= 4 is 11.7 Å². The number of rotatable bonds is 6. The first kappa shape index (κ1) is 16.9. The van der Waals surface area contributed by atoms with E-state index in [4.69, 9.17) is 0 Å². The third-order valence-corrected chi connectivity index (χ3v) is 3.99. The Hall–Kier alpha value is -2.42. The number of carbonyl (C=O) groups excluding carboxylic acids is 2. The third kappa shape index (κ3) is 4.78. The van der Waals surface area contributed by atoms with E-state index in [1.807, 2.05) is 69.3 Å². The zero-order chi connectivity index (χ0) is 16.8. The van der Waals surface area contributed by atoms with Crippen LogP contribution in [0.1, 0.15) is 52.9 Å². The second kappa shape index (κ2) is 7.73. The second-order valence-corrected chi connectivity index (χ2v) is 5.93. The van der Waals surface area contributed by atoms with Crippen LogP contribution in [0, 0.1) is 13.8 Å². The molecule has 0 aliphatic rings. The largest absolute Gasteiger partial charge is 0.350 e. The lowest BCUT2D eigenvalue weighted by Gasteiger charge is -2.16. The first-order valence-corrected chi connectivity index (χ1v) is 7.92. The van der Waals surface area contributed by atoms with E-state index in [-0.39, 0.29) is 30.6 Å². The molecule has 0 heterocycles. The van der Waals surface area contributed by atoms with Crippen molar-refractivity contribution in [1.82, 2.24) is 5.32 Å². The van der Waals surface area contributed by atoms with Gasteiger partial charge in [-0.25, -0.2) is 0 Å². The molecule has 2 rings (SSSR count). The minimum atomic E-state index is -0.0961. The third-order valence-electron chi connectivity index (χ3n) is 3.99. The standard InChI is InChI=1S/C20H23NO2/c1-14-8-10-17(11-9-14)19(22)12-13-20(23)21-16(3)18-7-5-4-6-15(18)2/h4-11,16H,12-13H2,1-3H3,(H,21,23). The Kier molecular flexibility index (Phi) is 5.69. The predicted octanol–water partition coefficient (Wildman–Crippen LogP) is 4.14. The quantitative estimate of drug-likeness (QED) is 0.815. The number of amides is 1. The predicted molar refractivity (Wildman–Crippen MR) is 92.5 cm³/mol. The fraction of sp³-hybridized carbons (Fsp3) is 0.300. The SMILES string of the molecule is Cc1ccc(C(=O)CCC(=O)NC(C)c2ccccc2C)cc1. The zero-order valence-corrected chi connectivity index (χ0v) is 13.9. The fourth-order valence-electron chi connectivity index (χ4n) is 2.57. The van der Waals surface area contributed by atoms with Crippen LogP contribution in [0.3, 0.4) is 0 Å². The average Bonchev–Trinajstić information content (AvgIpc) is 2.53. The number of ketones is 1. The van der Waals surface area contributed by atoms with Gasteiger partial charge < -0.3 is 5.32 Å². The molecule has 1 atom stereocenters. The van der Waals surface area contributed by atoms with Crippen LogP contribution in [0.4, 0.5) is 0 Å². The molecule has 0 aliphatic carbocycles. The fourth-order valence-corrected chi connectivity index (χ4v) is 2.57. The van der Waals surface area contributed by atoms with E-state index in [2.05, 4.69) is 5.32 Å². The molecule has 120 valence electrons. The summed E-state index contributed by atoms with van der Waals surface area (Å²) in [4.78, 5) is 24.2. The highest BCUT2D eigenvalue weighted by molar-refractivity contribution is 5.98. The summed E-state index contributed by atoms with van der Waals surface area (Å²) in [5.41, 5.74) is 4.03. The Morgan fingerprint density at radius 3 is 2.26 bits per heavy atom. The van der Waals surface area contributed by atoms with E-state index in [0.717, 1.165) is 16.7 Å². The Morgan fingerprint density at radius 1 is 0.957 bits per heavy atom. The number of nitrogens with one attached hydrogen (secondary N) is 1. The number of hydrogen-bond donors (Lipinski definition) is 1.